The predicted molar refractivity (Wildman–Crippen MR) is 118 cm³/mol. The van der Waals surface area contributed by atoms with Gasteiger partial charge in [0.15, 0.2) is 5.41 Å². The lowest BCUT2D eigenvalue weighted by atomic mass is 9.66. The zero-order chi connectivity index (χ0) is 24.0. The van der Waals surface area contributed by atoms with E-state index in [1.165, 1.54) is 5.56 Å². The highest BCUT2D eigenvalue weighted by Gasteiger charge is 2.61. The van der Waals surface area contributed by atoms with Crippen LogP contribution in [0.4, 0.5) is 8.78 Å². The Morgan fingerprint density at radius 1 is 1.15 bits per heavy atom. The van der Waals surface area contributed by atoms with Crippen molar-refractivity contribution in [3.63, 3.8) is 0 Å². The molecule has 2 aliphatic heterocycles. The molecule has 2 aliphatic carbocycles. The summed E-state index contributed by atoms with van der Waals surface area (Å²) in [5.74, 6) is -3.34. The number of amides is 2. The number of nitrogens with zero attached hydrogens (tertiary/aromatic N) is 3. The fraction of sp³-hybridized carbons (Fsp3) is 0.480. The number of rotatable bonds is 2. The summed E-state index contributed by atoms with van der Waals surface area (Å²) in [6.45, 7) is 0.420. The molecule has 2 atom stereocenters. The summed E-state index contributed by atoms with van der Waals surface area (Å²) in [5, 5.41) is 0. The van der Waals surface area contributed by atoms with Crippen LogP contribution in [-0.4, -0.2) is 45.3 Å². The molecule has 34 heavy (non-hydrogen) atoms. The van der Waals surface area contributed by atoms with Gasteiger partial charge in [-0.3, -0.25) is 9.59 Å². The maximum absolute atomic E-state index is 13.7. The average molecular weight is 469 g/mol. The minimum Gasteiger partial charge on any atom is -0.480 e. The number of imidazole rings is 1. The first kappa shape index (κ1) is 21.3. The molecule has 1 aromatic heterocycles. The van der Waals surface area contributed by atoms with Crippen molar-refractivity contribution in [1.82, 2.24) is 14.5 Å². The van der Waals surface area contributed by atoms with Gasteiger partial charge in [-0.05, 0) is 49.3 Å². The number of aryl methyl sites for hydroxylation is 2. The molecule has 9 heteroatoms. The number of halogens is 2. The van der Waals surface area contributed by atoms with Crippen molar-refractivity contribution >= 4 is 17.6 Å². The van der Waals surface area contributed by atoms with E-state index in [1.54, 1.807) is 0 Å². The molecule has 1 aromatic carbocycles. The highest BCUT2D eigenvalue weighted by molar-refractivity contribution is 6.10. The van der Waals surface area contributed by atoms with Crippen LogP contribution in [0.3, 0.4) is 0 Å². The van der Waals surface area contributed by atoms with Crippen molar-refractivity contribution in [1.29, 1.82) is 0 Å². The molecular weight excluding hydrogens is 442 g/mol. The molecule has 0 radical (unpaired) electrons. The largest absolute Gasteiger partial charge is 0.480 e. The van der Waals surface area contributed by atoms with Crippen LogP contribution >= 0.6 is 0 Å². The van der Waals surface area contributed by atoms with Crippen molar-refractivity contribution in [2.24, 2.45) is 18.2 Å². The molecule has 2 unspecified atom stereocenters. The second kappa shape index (κ2) is 6.67. The van der Waals surface area contributed by atoms with Gasteiger partial charge in [-0.1, -0.05) is 24.3 Å². The minimum atomic E-state index is -2.95. The van der Waals surface area contributed by atoms with Gasteiger partial charge >= 0.3 is 0 Å². The maximum Gasteiger partial charge on any atom is 0.282 e. The van der Waals surface area contributed by atoms with Crippen LogP contribution in [0.1, 0.15) is 47.6 Å². The Bertz CT molecular complexity index is 1290. The second-order valence-electron chi connectivity index (χ2n) is 10.0. The van der Waals surface area contributed by atoms with Crippen LogP contribution in [0.2, 0.25) is 0 Å². The zero-order valence-corrected chi connectivity index (χ0v) is 19.2. The minimum absolute atomic E-state index is 0.0122. The van der Waals surface area contributed by atoms with E-state index in [1.807, 2.05) is 30.7 Å². The van der Waals surface area contributed by atoms with Crippen LogP contribution in [0.25, 0.3) is 5.76 Å². The summed E-state index contributed by atoms with van der Waals surface area (Å²) < 4.78 is 35.9. The van der Waals surface area contributed by atoms with Gasteiger partial charge in [-0.2, -0.15) is 0 Å². The quantitative estimate of drug-likeness (QED) is 0.686. The Kier molecular flexibility index (Phi) is 4.18. The van der Waals surface area contributed by atoms with Crippen molar-refractivity contribution in [3.05, 3.63) is 58.2 Å². The van der Waals surface area contributed by atoms with Gasteiger partial charge in [0.05, 0.1) is 18.8 Å². The summed E-state index contributed by atoms with van der Waals surface area (Å²) in [5.41, 5.74) is 7.66. The van der Waals surface area contributed by atoms with Gasteiger partial charge < -0.3 is 19.9 Å². The Morgan fingerprint density at radius 2 is 1.85 bits per heavy atom. The van der Waals surface area contributed by atoms with E-state index < -0.39 is 41.8 Å². The van der Waals surface area contributed by atoms with Gasteiger partial charge in [0, 0.05) is 13.5 Å². The summed E-state index contributed by atoms with van der Waals surface area (Å²) in [6.07, 6.45) is 2.61. The second-order valence-corrected chi connectivity index (χ2v) is 10.0. The van der Waals surface area contributed by atoms with E-state index in [4.69, 9.17) is 15.5 Å². The Labute approximate surface area is 195 Å². The molecule has 2 aromatic rings. The van der Waals surface area contributed by atoms with Gasteiger partial charge in [-0.25, -0.2) is 13.8 Å². The standard InChI is InChI=1S/C25H26F2N4O3/c1-14-29-19-18(30(14)2)11-25(21(28)32,22(33)31-12-24(26,27)13-31)17-8-10-23(34-20(17)19)9-7-15-5-3-4-6-16(15)23/h3-6H,7-13H2,1-2H3,(H2,28,32). The van der Waals surface area contributed by atoms with E-state index in [-0.39, 0.29) is 6.42 Å². The third-order valence-electron chi connectivity index (χ3n) is 8.17. The number of carbonyl (C=O) groups is 2. The summed E-state index contributed by atoms with van der Waals surface area (Å²) >= 11 is 0. The Morgan fingerprint density at radius 3 is 2.56 bits per heavy atom. The molecule has 1 fully saturated rings. The molecule has 1 spiro atoms. The third kappa shape index (κ3) is 2.63. The number of ether oxygens (including phenoxy) is 1. The number of aromatic nitrogens is 2. The van der Waals surface area contributed by atoms with E-state index >= 15 is 0 Å². The Balaban J connectivity index is 1.53. The molecule has 2 N–H and O–H groups in total. The fourth-order valence-corrected chi connectivity index (χ4v) is 6.24. The highest BCUT2D eigenvalue weighted by Crippen LogP contribution is 2.56. The normalized spacial score (nSPS) is 28.6. The molecule has 6 rings (SSSR count). The number of hydrogen-bond acceptors (Lipinski definition) is 4. The van der Waals surface area contributed by atoms with Crippen molar-refractivity contribution in [2.45, 2.75) is 50.6 Å². The molecule has 2 amide bonds. The Hall–Kier alpha value is -3.23. The zero-order valence-electron chi connectivity index (χ0n) is 19.2. The monoisotopic (exact) mass is 468 g/mol. The smallest absolute Gasteiger partial charge is 0.282 e. The van der Waals surface area contributed by atoms with Gasteiger partial charge in [0.25, 0.3) is 5.92 Å². The van der Waals surface area contributed by atoms with Crippen LogP contribution in [-0.2, 0) is 39.8 Å². The topological polar surface area (TPSA) is 90.5 Å². The lowest BCUT2D eigenvalue weighted by Crippen LogP contribution is -2.65. The molecule has 178 valence electrons. The van der Waals surface area contributed by atoms with Gasteiger partial charge in [0.1, 0.15) is 22.9 Å². The van der Waals surface area contributed by atoms with Crippen LogP contribution in [0.5, 0.6) is 0 Å². The number of alkyl halides is 2. The van der Waals surface area contributed by atoms with E-state index in [9.17, 15) is 18.4 Å². The number of benzene rings is 1. The number of primary amides is 1. The van der Waals surface area contributed by atoms with Gasteiger partial charge in [0.2, 0.25) is 11.8 Å². The summed E-state index contributed by atoms with van der Waals surface area (Å²) in [6, 6.07) is 8.15. The number of nitrogens with two attached hydrogens (primary N) is 1. The highest BCUT2D eigenvalue weighted by atomic mass is 19.3. The number of likely N-dealkylation sites (tertiary alicyclic amines) is 1. The van der Waals surface area contributed by atoms with Crippen molar-refractivity contribution < 1.29 is 23.1 Å². The first-order valence-electron chi connectivity index (χ1n) is 11.6. The molecule has 0 bridgehead atoms. The average Bonchev–Trinajstić information content (AvgIpc) is 3.28. The molecule has 0 saturated carbocycles. The maximum atomic E-state index is 13.7. The van der Waals surface area contributed by atoms with Crippen LogP contribution in [0.15, 0.2) is 29.8 Å². The lowest BCUT2D eigenvalue weighted by Gasteiger charge is -2.48. The van der Waals surface area contributed by atoms with E-state index in [0.29, 0.717) is 41.4 Å². The number of hydrogen-bond donors (Lipinski definition) is 1. The van der Waals surface area contributed by atoms with Gasteiger partial charge in [-0.15, -0.1) is 0 Å². The number of carbonyl (C=O) groups excluding carboxylic acids is 2. The molecule has 3 heterocycles. The van der Waals surface area contributed by atoms with Crippen molar-refractivity contribution in [2.75, 3.05) is 13.1 Å². The molecule has 7 nitrogen and oxygen atoms in total. The summed E-state index contributed by atoms with van der Waals surface area (Å²) in [4.78, 5) is 32.5. The summed E-state index contributed by atoms with van der Waals surface area (Å²) in [7, 11) is 1.81. The predicted octanol–water partition coefficient (Wildman–Crippen LogP) is 2.60. The van der Waals surface area contributed by atoms with Crippen LogP contribution < -0.4 is 5.73 Å². The first-order chi connectivity index (χ1) is 16.1. The van der Waals surface area contributed by atoms with Crippen LogP contribution in [0, 0.1) is 12.3 Å². The van der Waals surface area contributed by atoms with E-state index in [2.05, 4.69) is 12.1 Å². The molecule has 1 saturated heterocycles. The molecule has 4 aliphatic rings. The van der Waals surface area contributed by atoms with E-state index in [0.717, 1.165) is 23.3 Å². The first-order valence-corrected chi connectivity index (χ1v) is 11.6. The SMILES string of the molecule is Cc1nc2c(n1C)CC(C(N)=O)(C(=O)N1CC(F)(F)C1)C1=C2OC2(CC1)CCc1ccccc12. The third-order valence-corrected chi connectivity index (χ3v) is 8.17. The van der Waals surface area contributed by atoms with Crippen molar-refractivity contribution in [3.8, 4) is 0 Å². The fourth-order valence-electron chi connectivity index (χ4n) is 6.24. The number of fused-ring (bicyclic) bond motifs is 4. The lowest BCUT2D eigenvalue weighted by molar-refractivity contribution is -0.175. The molecular formula is C25H26F2N4O3.